The number of carbonyl (C=O) groups excluding carboxylic acids is 2. The third-order valence-corrected chi connectivity index (χ3v) is 4.04. The smallest absolute Gasteiger partial charge is 0.267 e. The number of hydrogen-bond donors (Lipinski definition) is 2. The Morgan fingerprint density at radius 2 is 2.13 bits per heavy atom. The summed E-state index contributed by atoms with van der Waals surface area (Å²) in [6.45, 7) is 1.21. The van der Waals surface area contributed by atoms with Crippen molar-refractivity contribution in [2.24, 2.45) is 10.8 Å². The summed E-state index contributed by atoms with van der Waals surface area (Å²) in [7, 11) is 0. The Hall–Kier alpha value is -2.41. The van der Waals surface area contributed by atoms with Crippen LogP contribution >= 0.6 is 0 Å². The van der Waals surface area contributed by atoms with Crippen molar-refractivity contribution in [2.45, 2.75) is 31.4 Å². The number of primary amides is 1. The zero-order valence-electron chi connectivity index (χ0n) is 12.8. The Kier molecular flexibility index (Phi) is 4.57. The largest absolute Gasteiger partial charge is 0.376 e. The van der Waals surface area contributed by atoms with E-state index in [0.29, 0.717) is 12.3 Å². The molecule has 7 heteroatoms. The summed E-state index contributed by atoms with van der Waals surface area (Å²) in [5, 5.41) is 8.64. The zero-order chi connectivity index (χ0) is 16.2. The first-order valence-electron chi connectivity index (χ1n) is 7.76. The Morgan fingerprint density at radius 3 is 2.78 bits per heavy atom. The molecule has 0 bridgehead atoms. The maximum atomic E-state index is 12.3. The van der Waals surface area contributed by atoms with Crippen LogP contribution in [0, 0.1) is 0 Å². The Bertz CT molecular complexity index is 611. The normalized spacial score (nSPS) is 23.7. The number of ether oxygens (including phenoxy) is 1. The molecule has 23 heavy (non-hydrogen) atoms. The number of carbonyl (C=O) groups is 2. The Balaban J connectivity index is 1.69. The molecule has 0 unspecified atom stereocenters. The van der Waals surface area contributed by atoms with E-state index in [1.54, 1.807) is 0 Å². The number of para-hydroxylation sites is 1. The summed E-state index contributed by atoms with van der Waals surface area (Å²) >= 11 is 0. The van der Waals surface area contributed by atoms with Crippen molar-refractivity contribution in [1.82, 2.24) is 5.32 Å². The molecule has 1 saturated heterocycles. The zero-order valence-corrected chi connectivity index (χ0v) is 12.8. The molecule has 1 aromatic carbocycles. The number of hydrazone groups is 1. The number of amides is 2. The van der Waals surface area contributed by atoms with E-state index >= 15 is 0 Å². The van der Waals surface area contributed by atoms with E-state index in [2.05, 4.69) is 10.4 Å². The van der Waals surface area contributed by atoms with E-state index < -0.39 is 11.9 Å². The first kappa shape index (κ1) is 15.5. The van der Waals surface area contributed by atoms with Gasteiger partial charge in [-0.2, -0.15) is 5.10 Å². The number of rotatable bonds is 5. The molecule has 0 spiro atoms. The molecule has 0 saturated carbocycles. The van der Waals surface area contributed by atoms with Crippen molar-refractivity contribution < 1.29 is 14.3 Å². The molecule has 1 fully saturated rings. The third-order valence-electron chi connectivity index (χ3n) is 4.04. The molecule has 2 amide bonds. The predicted molar refractivity (Wildman–Crippen MR) is 85.9 cm³/mol. The first-order valence-corrected chi connectivity index (χ1v) is 7.76. The van der Waals surface area contributed by atoms with Gasteiger partial charge in [0.05, 0.1) is 11.8 Å². The van der Waals surface area contributed by atoms with Crippen molar-refractivity contribution in [3.05, 3.63) is 30.3 Å². The standard InChI is InChI=1S/C16H20N4O3/c17-15(21)14-9-13(16(22)18-10-12-7-4-8-23-12)19-20(14)11-5-2-1-3-6-11/h1-3,5-6,12,14H,4,7-10H2,(H2,17,21)(H,18,22)/t12-,14+/m0/s1. The highest BCUT2D eigenvalue weighted by Crippen LogP contribution is 2.24. The lowest BCUT2D eigenvalue weighted by Gasteiger charge is -2.20. The van der Waals surface area contributed by atoms with Crippen LogP contribution in [-0.2, 0) is 14.3 Å². The second kappa shape index (κ2) is 6.78. The van der Waals surface area contributed by atoms with Gasteiger partial charge in [0.1, 0.15) is 11.8 Å². The number of nitrogens with one attached hydrogen (secondary N) is 1. The Labute approximate surface area is 134 Å². The van der Waals surface area contributed by atoms with E-state index in [-0.39, 0.29) is 18.4 Å². The fourth-order valence-electron chi connectivity index (χ4n) is 2.80. The topological polar surface area (TPSA) is 97.0 Å². The van der Waals surface area contributed by atoms with Crippen molar-refractivity contribution >= 4 is 23.2 Å². The van der Waals surface area contributed by atoms with E-state index in [1.165, 1.54) is 5.01 Å². The minimum Gasteiger partial charge on any atom is -0.376 e. The van der Waals surface area contributed by atoms with Crippen molar-refractivity contribution in [3.8, 4) is 0 Å². The van der Waals surface area contributed by atoms with E-state index in [4.69, 9.17) is 10.5 Å². The van der Waals surface area contributed by atoms with Crippen LogP contribution in [0.15, 0.2) is 35.4 Å². The van der Waals surface area contributed by atoms with Crippen LogP contribution in [0.2, 0.25) is 0 Å². The van der Waals surface area contributed by atoms with Crippen LogP contribution in [0.5, 0.6) is 0 Å². The average molecular weight is 316 g/mol. The molecule has 0 aromatic heterocycles. The number of hydrogen-bond acceptors (Lipinski definition) is 5. The van der Waals surface area contributed by atoms with Gasteiger partial charge < -0.3 is 15.8 Å². The summed E-state index contributed by atoms with van der Waals surface area (Å²) in [5.74, 6) is -0.773. The SMILES string of the molecule is NC(=O)[C@H]1CC(C(=O)NC[C@@H]2CCCO2)=NN1c1ccccc1. The lowest BCUT2D eigenvalue weighted by molar-refractivity contribution is -0.119. The fraction of sp³-hybridized carbons (Fsp3) is 0.438. The molecule has 1 aromatic rings. The average Bonchev–Trinajstić information content (AvgIpc) is 3.23. The molecule has 2 aliphatic rings. The van der Waals surface area contributed by atoms with Crippen LogP contribution in [-0.4, -0.2) is 42.8 Å². The molecule has 122 valence electrons. The van der Waals surface area contributed by atoms with Gasteiger partial charge in [-0.25, -0.2) is 0 Å². The molecule has 3 N–H and O–H groups in total. The van der Waals surface area contributed by atoms with Gasteiger partial charge in [0.15, 0.2) is 0 Å². The van der Waals surface area contributed by atoms with E-state index in [1.807, 2.05) is 30.3 Å². The lowest BCUT2D eigenvalue weighted by atomic mass is 10.1. The summed E-state index contributed by atoms with van der Waals surface area (Å²) in [4.78, 5) is 23.9. The second-order valence-corrected chi connectivity index (χ2v) is 5.69. The molecule has 0 radical (unpaired) electrons. The van der Waals surface area contributed by atoms with Crippen LogP contribution in [0.3, 0.4) is 0 Å². The molecule has 2 heterocycles. The molecular weight excluding hydrogens is 296 g/mol. The highest BCUT2D eigenvalue weighted by atomic mass is 16.5. The van der Waals surface area contributed by atoms with Crippen LogP contribution in [0.25, 0.3) is 0 Å². The summed E-state index contributed by atoms with van der Waals surface area (Å²) in [6, 6.07) is 8.58. The fourth-order valence-corrected chi connectivity index (χ4v) is 2.80. The number of anilines is 1. The molecular formula is C16H20N4O3. The first-order chi connectivity index (χ1) is 11.1. The summed E-state index contributed by atoms with van der Waals surface area (Å²) in [6.07, 6.45) is 2.25. The van der Waals surface area contributed by atoms with Crippen LogP contribution < -0.4 is 16.1 Å². The number of benzene rings is 1. The third kappa shape index (κ3) is 3.50. The quantitative estimate of drug-likeness (QED) is 0.822. The number of nitrogens with zero attached hydrogens (tertiary/aromatic N) is 2. The minimum absolute atomic E-state index is 0.0677. The van der Waals surface area contributed by atoms with Gasteiger partial charge in [0, 0.05) is 19.6 Å². The lowest BCUT2D eigenvalue weighted by Crippen LogP contribution is -2.40. The summed E-state index contributed by atoms with van der Waals surface area (Å²) < 4.78 is 5.48. The van der Waals surface area contributed by atoms with Gasteiger partial charge in [-0.3, -0.25) is 14.6 Å². The van der Waals surface area contributed by atoms with Gasteiger partial charge >= 0.3 is 0 Å². The monoisotopic (exact) mass is 316 g/mol. The van der Waals surface area contributed by atoms with Crippen molar-refractivity contribution in [1.29, 1.82) is 0 Å². The molecule has 2 aliphatic heterocycles. The number of nitrogens with two attached hydrogens (primary N) is 1. The predicted octanol–water partition coefficient (Wildman–Crippen LogP) is 0.402. The minimum atomic E-state index is -0.638. The molecule has 0 aliphatic carbocycles. The summed E-state index contributed by atoms with van der Waals surface area (Å²) in [5.41, 5.74) is 6.51. The van der Waals surface area contributed by atoms with E-state index in [9.17, 15) is 9.59 Å². The van der Waals surface area contributed by atoms with Gasteiger partial charge in [-0.05, 0) is 25.0 Å². The maximum absolute atomic E-state index is 12.3. The highest BCUT2D eigenvalue weighted by molar-refractivity contribution is 6.40. The maximum Gasteiger partial charge on any atom is 0.267 e. The molecule has 3 rings (SSSR count). The molecule has 7 nitrogen and oxygen atoms in total. The Morgan fingerprint density at radius 1 is 1.35 bits per heavy atom. The van der Waals surface area contributed by atoms with Crippen LogP contribution in [0.1, 0.15) is 19.3 Å². The highest BCUT2D eigenvalue weighted by Gasteiger charge is 2.35. The van der Waals surface area contributed by atoms with Crippen molar-refractivity contribution in [3.63, 3.8) is 0 Å². The second-order valence-electron chi connectivity index (χ2n) is 5.69. The van der Waals surface area contributed by atoms with Gasteiger partial charge in [-0.1, -0.05) is 18.2 Å². The van der Waals surface area contributed by atoms with Crippen molar-refractivity contribution in [2.75, 3.05) is 18.2 Å². The van der Waals surface area contributed by atoms with Gasteiger partial charge in [-0.15, -0.1) is 0 Å². The van der Waals surface area contributed by atoms with E-state index in [0.717, 1.165) is 25.1 Å². The van der Waals surface area contributed by atoms with Gasteiger partial charge in [0.25, 0.3) is 5.91 Å². The van der Waals surface area contributed by atoms with Gasteiger partial charge in [0.2, 0.25) is 5.91 Å². The molecule has 2 atom stereocenters. The van der Waals surface area contributed by atoms with Crippen LogP contribution in [0.4, 0.5) is 5.69 Å².